The van der Waals surface area contributed by atoms with Gasteiger partial charge in [-0.15, -0.1) is 0 Å². The summed E-state index contributed by atoms with van der Waals surface area (Å²) in [5.41, 5.74) is 0.429. The number of carbonyl (C=O) groups excluding carboxylic acids is 3. The molecule has 0 fully saturated rings. The summed E-state index contributed by atoms with van der Waals surface area (Å²) < 4.78 is 4.62. The summed E-state index contributed by atoms with van der Waals surface area (Å²) in [6.07, 6.45) is -0.809. The van der Waals surface area contributed by atoms with Crippen molar-refractivity contribution >= 4 is 46.8 Å². The molecule has 0 aromatic heterocycles. The number of benzene rings is 1. The van der Waals surface area contributed by atoms with Crippen LogP contribution < -0.4 is 10.6 Å². The predicted octanol–water partition coefficient (Wildman–Crippen LogP) is 2.53. The van der Waals surface area contributed by atoms with Crippen LogP contribution in [0.3, 0.4) is 0 Å². The lowest BCUT2D eigenvalue weighted by atomic mass is 10.3. The van der Waals surface area contributed by atoms with Crippen LogP contribution in [0.4, 0.5) is 10.5 Å². The van der Waals surface area contributed by atoms with E-state index in [1.165, 1.54) is 6.07 Å². The molecule has 0 aliphatic rings. The quantitative estimate of drug-likeness (QED) is 0.764. The normalized spacial score (nSPS) is 10.4. The zero-order chi connectivity index (χ0) is 18.1. The number of imide groups is 1. The summed E-state index contributed by atoms with van der Waals surface area (Å²) in [7, 11) is 0. The minimum atomic E-state index is -0.809. The molecule has 9 heteroatoms. The van der Waals surface area contributed by atoms with Crippen LogP contribution in [0.5, 0.6) is 0 Å². The van der Waals surface area contributed by atoms with E-state index in [0.717, 1.165) is 0 Å². The van der Waals surface area contributed by atoms with E-state index in [1.807, 2.05) is 0 Å². The number of alkyl carbamates (subject to hydrolysis) is 1. The number of hydrogen-bond donors (Lipinski definition) is 2. The molecule has 2 N–H and O–H groups in total. The summed E-state index contributed by atoms with van der Waals surface area (Å²) in [5.74, 6) is -0.891. The average Bonchev–Trinajstić information content (AvgIpc) is 2.49. The highest BCUT2D eigenvalue weighted by atomic mass is 35.5. The summed E-state index contributed by atoms with van der Waals surface area (Å²) in [5, 5.41) is 5.50. The molecule has 0 heterocycles. The van der Waals surface area contributed by atoms with Gasteiger partial charge in [-0.2, -0.15) is 0 Å². The molecule has 1 aromatic carbocycles. The molecular weight excluding hydrogens is 357 g/mol. The number of nitrogens with one attached hydrogen (secondary N) is 2. The number of amides is 3. The monoisotopic (exact) mass is 375 g/mol. The van der Waals surface area contributed by atoms with Gasteiger partial charge in [0, 0.05) is 5.02 Å². The van der Waals surface area contributed by atoms with Gasteiger partial charge in [0.15, 0.2) is 0 Å². The minimum Gasteiger partial charge on any atom is -0.450 e. The number of carbonyl (C=O) groups is 3. The molecule has 24 heavy (non-hydrogen) atoms. The van der Waals surface area contributed by atoms with Crippen molar-refractivity contribution in [2.45, 2.75) is 13.8 Å². The molecule has 0 saturated carbocycles. The van der Waals surface area contributed by atoms with E-state index in [-0.39, 0.29) is 25.6 Å². The lowest BCUT2D eigenvalue weighted by molar-refractivity contribution is -0.122. The van der Waals surface area contributed by atoms with Gasteiger partial charge < -0.3 is 10.1 Å². The van der Waals surface area contributed by atoms with Gasteiger partial charge in [-0.3, -0.25) is 19.8 Å². The Morgan fingerprint density at radius 3 is 2.38 bits per heavy atom. The highest BCUT2D eigenvalue weighted by molar-refractivity contribution is 6.36. The maximum absolute atomic E-state index is 12.1. The van der Waals surface area contributed by atoms with Crippen LogP contribution in [0.1, 0.15) is 13.8 Å². The SMILES string of the molecule is CCOC(=O)NC(=O)CN(CC)CC(=O)Nc1ccc(Cl)cc1Cl. The number of ether oxygens (including phenoxy) is 1. The molecule has 132 valence electrons. The number of halogens is 2. The third kappa shape index (κ3) is 7.16. The lowest BCUT2D eigenvalue weighted by Gasteiger charge is -2.19. The van der Waals surface area contributed by atoms with Gasteiger partial charge in [-0.25, -0.2) is 4.79 Å². The molecule has 0 aliphatic heterocycles. The van der Waals surface area contributed by atoms with Gasteiger partial charge in [-0.1, -0.05) is 30.1 Å². The Morgan fingerprint density at radius 1 is 1.12 bits per heavy atom. The Kier molecular flexibility index (Phi) is 8.53. The fraction of sp³-hybridized carbons (Fsp3) is 0.400. The van der Waals surface area contributed by atoms with Crippen molar-refractivity contribution in [3.63, 3.8) is 0 Å². The molecule has 0 aliphatic carbocycles. The first-order valence-corrected chi connectivity index (χ1v) is 8.05. The second-order valence-electron chi connectivity index (χ2n) is 4.74. The maximum atomic E-state index is 12.1. The van der Waals surface area contributed by atoms with Crippen molar-refractivity contribution < 1.29 is 19.1 Å². The second-order valence-corrected chi connectivity index (χ2v) is 5.59. The van der Waals surface area contributed by atoms with Crippen LogP contribution >= 0.6 is 23.2 Å². The van der Waals surface area contributed by atoms with Gasteiger partial charge in [0.25, 0.3) is 0 Å². The molecule has 1 aromatic rings. The van der Waals surface area contributed by atoms with Crippen molar-refractivity contribution in [3.05, 3.63) is 28.2 Å². The Morgan fingerprint density at radius 2 is 1.79 bits per heavy atom. The Labute approximate surface area is 150 Å². The zero-order valence-corrected chi connectivity index (χ0v) is 14.9. The van der Waals surface area contributed by atoms with E-state index in [9.17, 15) is 14.4 Å². The van der Waals surface area contributed by atoms with E-state index in [0.29, 0.717) is 22.3 Å². The number of hydrogen-bond acceptors (Lipinski definition) is 5. The molecule has 1 rings (SSSR count). The molecule has 0 unspecified atom stereocenters. The van der Waals surface area contributed by atoms with Crippen molar-refractivity contribution in [3.8, 4) is 0 Å². The predicted molar refractivity (Wildman–Crippen MR) is 92.4 cm³/mol. The first kappa shape index (κ1) is 20.2. The van der Waals surface area contributed by atoms with Crippen LogP contribution in [-0.4, -0.2) is 49.0 Å². The molecule has 0 saturated heterocycles. The van der Waals surface area contributed by atoms with Gasteiger partial charge in [0.05, 0.1) is 30.4 Å². The van der Waals surface area contributed by atoms with Gasteiger partial charge >= 0.3 is 6.09 Å². The van der Waals surface area contributed by atoms with Crippen LogP contribution in [0.15, 0.2) is 18.2 Å². The third-order valence-corrected chi connectivity index (χ3v) is 3.45. The van der Waals surface area contributed by atoms with Crippen molar-refractivity contribution in [1.29, 1.82) is 0 Å². The van der Waals surface area contributed by atoms with Crippen LogP contribution in [0.25, 0.3) is 0 Å². The first-order chi connectivity index (χ1) is 11.3. The summed E-state index contributed by atoms with van der Waals surface area (Å²) in [6.45, 7) is 3.89. The summed E-state index contributed by atoms with van der Waals surface area (Å²) in [6, 6.07) is 4.71. The average molecular weight is 376 g/mol. The highest BCUT2D eigenvalue weighted by Gasteiger charge is 2.16. The molecule has 0 bridgehead atoms. The number of rotatable bonds is 7. The Bertz CT molecular complexity index is 610. The summed E-state index contributed by atoms with van der Waals surface area (Å²) >= 11 is 11.8. The van der Waals surface area contributed by atoms with Crippen LogP contribution in [0.2, 0.25) is 10.0 Å². The maximum Gasteiger partial charge on any atom is 0.413 e. The molecule has 0 atom stereocenters. The Balaban J connectivity index is 2.53. The second kappa shape index (κ2) is 10.1. The van der Waals surface area contributed by atoms with Crippen molar-refractivity contribution in [1.82, 2.24) is 10.2 Å². The first-order valence-electron chi connectivity index (χ1n) is 7.29. The van der Waals surface area contributed by atoms with Gasteiger partial charge in [0.1, 0.15) is 0 Å². The topological polar surface area (TPSA) is 87.7 Å². The molecule has 0 radical (unpaired) electrons. The van der Waals surface area contributed by atoms with E-state index in [2.05, 4.69) is 15.4 Å². The fourth-order valence-corrected chi connectivity index (χ4v) is 2.24. The lowest BCUT2D eigenvalue weighted by Crippen LogP contribution is -2.43. The number of likely N-dealkylation sites (N-methyl/N-ethyl adjacent to an activating group) is 1. The van der Waals surface area contributed by atoms with Crippen molar-refractivity contribution in [2.24, 2.45) is 0 Å². The fourth-order valence-electron chi connectivity index (χ4n) is 1.79. The highest BCUT2D eigenvalue weighted by Crippen LogP contribution is 2.25. The Hall–Kier alpha value is -1.83. The standard InChI is InChI=1S/C15H19Cl2N3O4/c1-3-20(9-14(22)19-15(23)24-4-2)8-13(21)18-12-6-5-10(16)7-11(12)17/h5-7H,3-4,8-9H2,1-2H3,(H,18,21)(H,19,22,23). The number of anilines is 1. The smallest absolute Gasteiger partial charge is 0.413 e. The third-order valence-electron chi connectivity index (χ3n) is 2.90. The largest absolute Gasteiger partial charge is 0.450 e. The number of nitrogens with zero attached hydrogens (tertiary/aromatic N) is 1. The van der Waals surface area contributed by atoms with Gasteiger partial charge in [-0.05, 0) is 31.7 Å². The van der Waals surface area contributed by atoms with Crippen LogP contribution in [0, 0.1) is 0 Å². The minimum absolute atomic E-state index is 0.0360. The molecule has 7 nitrogen and oxygen atoms in total. The molecule has 0 spiro atoms. The molecule has 3 amide bonds. The van der Waals surface area contributed by atoms with Crippen molar-refractivity contribution in [2.75, 3.05) is 31.6 Å². The molecular formula is C15H19Cl2N3O4. The van der Waals surface area contributed by atoms with E-state index in [4.69, 9.17) is 23.2 Å². The summed E-state index contributed by atoms with van der Waals surface area (Å²) in [4.78, 5) is 36.5. The van der Waals surface area contributed by atoms with E-state index in [1.54, 1.807) is 30.9 Å². The van der Waals surface area contributed by atoms with Gasteiger partial charge in [0.2, 0.25) is 11.8 Å². The van der Waals surface area contributed by atoms with E-state index >= 15 is 0 Å². The van der Waals surface area contributed by atoms with E-state index < -0.39 is 12.0 Å². The zero-order valence-electron chi connectivity index (χ0n) is 13.4. The van der Waals surface area contributed by atoms with Crippen LogP contribution in [-0.2, 0) is 14.3 Å².